The Kier molecular flexibility index (Phi) is 10.2. The molecule has 6 atom stereocenters. The molecule has 0 bridgehead atoms. The fourth-order valence-corrected chi connectivity index (χ4v) is 5.53. The van der Waals surface area contributed by atoms with Crippen LogP contribution in [0.4, 0.5) is 0 Å². The van der Waals surface area contributed by atoms with E-state index in [2.05, 4.69) is 73.8 Å². The Balaban J connectivity index is 1.23. The highest BCUT2D eigenvalue weighted by Gasteiger charge is 2.30. The van der Waals surface area contributed by atoms with E-state index in [0.717, 1.165) is 64.2 Å². The Morgan fingerprint density at radius 1 is 0.629 bits per heavy atom. The fraction of sp³-hybridized carbons (Fsp3) is 0.500. The highest BCUT2D eigenvalue weighted by Crippen LogP contribution is 2.31. The van der Waals surface area contributed by atoms with Gasteiger partial charge in [0.2, 0.25) is 0 Å². The van der Waals surface area contributed by atoms with Crippen molar-refractivity contribution < 1.29 is 14.2 Å². The molecule has 2 aliphatic carbocycles. The van der Waals surface area contributed by atoms with Gasteiger partial charge in [0.05, 0.1) is 36.6 Å². The molecule has 3 nitrogen and oxygen atoms in total. The lowest BCUT2D eigenvalue weighted by molar-refractivity contribution is -0.113. The van der Waals surface area contributed by atoms with Gasteiger partial charge in [-0.3, -0.25) is 0 Å². The molecule has 0 amide bonds. The zero-order chi connectivity index (χ0) is 24.3. The van der Waals surface area contributed by atoms with Gasteiger partial charge in [-0.2, -0.15) is 0 Å². The predicted octanol–water partition coefficient (Wildman–Crippen LogP) is 7.25. The Morgan fingerprint density at radius 2 is 1.03 bits per heavy atom. The maximum absolute atomic E-state index is 6.65. The first-order valence-corrected chi connectivity index (χ1v) is 13.5. The zero-order valence-corrected chi connectivity index (χ0v) is 21.1. The minimum absolute atomic E-state index is 0.0501. The monoisotopic (exact) mass is 474 g/mol. The summed E-state index contributed by atoms with van der Waals surface area (Å²) in [5.41, 5.74) is 2.58. The van der Waals surface area contributed by atoms with Gasteiger partial charge in [0.15, 0.2) is 0 Å². The third-order valence-corrected chi connectivity index (χ3v) is 7.36. The lowest BCUT2D eigenvalue weighted by Gasteiger charge is -2.36. The average Bonchev–Trinajstić information content (AvgIpc) is 2.89. The van der Waals surface area contributed by atoms with Crippen molar-refractivity contribution in [1.29, 1.82) is 0 Å². The van der Waals surface area contributed by atoms with Crippen molar-refractivity contribution in [2.24, 2.45) is 0 Å². The van der Waals surface area contributed by atoms with E-state index in [1.807, 2.05) is 12.2 Å². The molecule has 188 valence electrons. The molecule has 0 radical (unpaired) electrons. The maximum Gasteiger partial charge on any atom is 0.0797 e. The molecule has 0 aliphatic heterocycles. The van der Waals surface area contributed by atoms with E-state index in [1.165, 1.54) is 11.1 Å². The minimum Gasteiger partial charge on any atom is -0.375 e. The number of ether oxygens (including phenoxy) is 3. The van der Waals surface area contributed by atoms with Crippen LogP contribution in [0.1, 0.15) is 62.5 Å². The Labute approximate surface area is 212 Å². The van der Waals surface area contributed by atoms with Crippen LogP contribution in [0.2, 0.25) is 0 Å². The molecule has 0 N–H and O–H groups in total. The summed E-state index contributed by atoms with van der Waals surface area (Å²) >= 11 is 0. The first-order valence-electron chi connectivity index (χ1n) is 13.5. The van der Waals surface area contributed by atoms with Gasteiger partial charge < -0.3 is 14.2 Å². The third kappa shape index (κ3) is 8.45. The van der Waals surface area contributed by atoms with E-state index in [1.54, 1.807) is 0 Å². The lowest BCUT2D eigenvalue weighted by Crippen LogP contribution is -2.37. The second-order valence-corrected chi connectivity index (χ2v) is 10.2. The first kappa shape index (κ1) is 25.9. The molecule has 6 unspecified atom stereocenters. The van der Waals surface area contributed by atoms with Gasteiger partial charge in [-0.25, -0.2) is 0 Å². The van der Waals surface area contributed by atoms with Crippen LogP contribution >= 0.6 is 0 Å². The van der Waals surface area contributed by atoms with E-state index < -0.39 is 0 Å². The molecule has 0 heterocycles. The molecule has 2 aromatic carbocycles. The van der Waals surface area contributed by atoms with Gasteiger partial charge in [0.25, 0.3) is 0 Å². The highest BCUT2D eigenvalue weighted by atomic mass is 16.5. The largest absolute Gasteiger partial charge is 0.375 e. The van der Waals surface area contributed by atoms with Crippen molar-refractivity contribution in [2.75, 3.05) is 0 Å². The quantitative estimate of drug-likeness (QED) is 0.303. The van der Waals surface area contributed by atoms with Crippen molar-refractivity contribution in [2.45, 2.75) is 101 Å². The van der Waals surface area contributed by atoms with Crippen LogP contribution in [0.3, 0.4) is 0 Å². The van der Waals surface area contributed by atoms with E-state index in [0.29, 0.717) is 0 Å². The Hall–Kier alpha value is -2.20. The third-order valence-electron chi connectivity index (χ3n) is 7.36. The van der Waals surface area contributed by atoms with Crippen molar-refractivity contribution in [3.05, 3.63) is 97.1 Å². The van der Waals surface area contributed by atoms with Gasteiger partial charge >= 0.3 is 0 Å². The summed E-state index contributed by atoms with van der Waals surface area (Å²) in [7, 11) is 0. The highest BCUT2D eigenvalue weighted by molar-refractivity contribution is 5.17. The summed E-state index contributed by atoms with van der Waals surface area (Å²) in [4.78, 5) is 0. The zero-order valence-electron chi connectivity index (χ0n) is 21.1. The molecule has 35 heavy (non-hydrogen) atoms. The second-order valence-electron chi connectivity index (χ2n) is 10.2. The van der Waals surface area contributed by atoms with E-state index >= 15 is 0 Å². The van der Waals surface area contributed by atoms with Crippen molar-refractivity contribution >= 4 is 0 Å². The smallest absolute Gasteiger partial charge is 0.0797 e. The molecule has 0 spiro atoms. The van der Waals surface area contributed by atoms with E-state index in [4.69, 9.17) is 14.2 Å². The van der Waals surface area contributed by atoms with E-state index in [9.17, 15) is 0 Å². The first-order chi connectivity index (χ1) is 17.2. The van der Waals surface area contributed by atoms with Gasteiger partial charge in [-0.05, 0) is 62.5 Å². The van der Waals surface area contributed by atoms with Crippen molar-refractivity contribution in [1.82, 2.24) is 0 Å². The van der Waals surface area contributed by atoms with Crippen LogP contribution in [0, 0.1) is 0 Å². The standard InChI is InChI=1S/C32H42O3/c1-3-27(21-25-13-7-5-8-14-25)33-29-17-11-19-31(23-29)35-32-20-12-18-30(24-32)34-28(4-2)22-26-15-9-6-10-16-26/h3-10,13-16,27-32H,1-2,11-12,17-24H2. The molecule has 4 rings (SSSR count). The van der Waals surface area contributed by atoms with Gasteiger partial charge in [-0.1, -0.05) is 72.8 Å². The molecule has 0 saturated heterocycles. The molecule has 0 aromatic heterocycles. The van der Waals surface area contributed by atoms with Gasteiger partial charge in [0, 0.05) is 12.8 Å². The van der Waals surface area contributed by atoms with Crippen LogP contribution in [-0.4, -0.2) is 36.6 Å². The van der Waals surface area contributed by atoms with Crippen LogP contribution in [0.25, 0.3) is 0 Å². The minimum atomic E-state index is 0.0501. The molecular formula is C32H42O3. The van der Waals surface area contributed by atoms with Gasteiger partial charge in [-0.15, -0.1) is 13.2 Å². The summed E-state index contributed by atoms with van der Waals surface area (Å²) in [6.07, 6.45) is 15.5. The molecule has 2 aliphatic rings. The molecular weight excluding hydrogens is 432 g/mol. The average molecular weight is 475 g/mol. The lowest BCUT2D eigenvalue weighted by atomic mass is 9.91. The van der Waals surface area contributed by atoms with Gasteiger partial charge in [0.1, 0.15) is 0 Å². The normalized spacial score (nSPS) is 26.5. The van der Waals surface area contributed by atoms with E-state index in [-0.39, 0.29) is 36.6 Å². The summed E-state index contributed by atoms with van der Waals surface area (Å²) in [5, 5.41) is 0. The summed E-state index contributed by atoms with van der Waals surface area (Å²) in [5.74, 6) is 0. The number of hydrogen-bond acceptors (Lipinski definition) is 3. The predicted molar refractivity (Wildman–Crippen MR) is 144 cm³/mol. The van der Waals surface area contributed by atoms with Crippen LogP contribution in [0.5, 0.6) is 0 Å². The van der Waals surface area contributed by atoms with Crippen LogP contribution in [-0.2, 0) is 27.1 Å². The summed E-state index contributed by atoms with van der Waals surface area (Å²) in [6.45, 7) is 8.05. The maximum atomic E-state index is 6.65. The summed E-state index contributed by atoms with van der Waals surface area (Å²) < 4.78 is 19.6. The van der Waals surface area contributed by atoms with Crippen LogP contribution in [0.15, 0.2) is 86.0 Å². The Morgan fingerprint density at radius 3 is 1.43 bits per heavy atom. The molecule has 3 heteroatoms. The molecule has 2 saturated carbocycles. The van der Waals surface area contributed by atoms with Crippen molar-refractivity contribution in [3.8, 4) is 0 Å². The molecule has 2 fully saturated rings. The Bertz CT molecular complexity index is 807. The number of hydrogen-bond donors (Lipinski definition) is 0. The van der Waals surface area contributed by atoms with Crippen molar-refractivity contribution in [3.63, 3.8) is 0 Å². The SMILES string of the molecule is C=CC(Cc1ccccc1)OC1CCCC(OC2CCCC(OC(C=C)Cc3ccccc3)C2)C1. The fourth-order valence-electron chi connectivity index (χ4n) is 5.53. The topological polar surface area (TPSA) is 27.7 Å². The summed E-state index contributed by atoms with van der Waals surface area (Å²) in [6, 6.07) is 21.1. The number of rotatable bonds is 12. The second kappa shape index (κ2) is 13.8. The number of benzene rings is 2. The molecule has 2 aromatic rings. The van der Waals surface area contributed by atoms with Crippen LogP contribution < -0.4 is 0 Å².